The summed E-state index contributed by atoms with van der Waals surface area (Å²) < 4.78 is 0. The molecule has 3 nitrogen and oxygen atoms in total. The van der Waals surface area contributed by atoms with E-state index in [9.17, 15) is 5.11 Å². The van der Waals surface area contributed by atoms with Gasteiger partial charge in [-0.1, -0.05) is 27.7 Å². The number of aliphatic hydroxyl groups excluding tert-OH is 1. The molecule has 0 radical (unpaired) electrons. The highest BCUT2D eigenvalue weighted by Gasteiger charge is 2.34. The zero-order valence-corrected chi connectivity index (χ0v) is 14.1. The summed E-state index contributed by atoms with van der Waals surface area (Å²) in [5.41, 5.74) is 5.99. The van der Waals surface area contributed by atoms with E-state index < -0.39 is 0 Å². The lowest BCUT2D eigenvalue weighted by Gasteiger charge is -2.42. The largest absolute Gasteiger partial charge is 0.394 e. The summed E-state index contributed by atoms with van der Waals surface area (Å²) in [6.07, 6.45) is 6.84. The van der Waals surface area contributed by atoms with Gasteiger partial charge < -0.3 is 15.7 Å². The second-order valence-corrected chi connectivity index (χ2v) is 7.67. The van der Waals surface area contributed by atoms with Gasteiger partial charge in [-0.3, -0.25) is 0 Å². The van der Waals surface area contributed by atoms with Crippen molar-refractivity contribution in [3.63, 3.8) is 0 Å². The zero-order valence-electron chi connectivity index (χ0n) is 14.1. The summed E-state index contributed by atoms with van der Waals surface area (Å²) in [4.78, 5) is 2.65. The van der Waals surface area contributed by atoms with E-state index in [1.54, 1.807) is 0 Å². The molecule has 0 amide bonds. The molecule has 3 heteroatoms. The van der Waals surface area contributed by atoms with Gasteiger partial charge in [-0.05, 0) is 63.5 Å². The van der Waals surface area contributed by atoms with E-state index in [0.717, 1.165) is 31.1 Å². The van der Waals surface area contributed by atoms with E-state index >= 15 is 0 Å². The average molecular weight is 284 g/mol. The van der Waals surface area contributed by atoms with E-state index in [1.807, 2.05) is 0 Å². The maximum atomic E-state index is 9.54. The van der Waals surface area contributed by atoms with Gasteiger partial charge in [0.1, 0.15) is 0 Å². The fourth-order valence-electron chi connectivity index (χ4n) is 3.14. The molecule has 0 saturated heterocycles. The molecule has 1 saturated carbocycles. The van der Waals surface area contributed by atoms with Crippen molar-refractivity contribution in [1.82, 2.24) is 4.90 Å². The van der Waals surface area contributed by atoms with Gasteiger partial charge in [0.05, 0.1) is 6.61 Å². The lowest BCUT2D eigenvalue weighted by Crippen LogP contribution is -2.53. The smallest absolute Gasteiger partial charge is 0.0611 e. The molecule has 1 aliphatic rings. The zero-order chi connectivity index (χ0) is 15.2. The molecule has 1 fully saturated rings. The predicted molar refractivity (Wildman–Crippen MR) is 86.7 cm³/mol. The van der Waals surface area contributed by atoms with Gasteiger partial charge in [0, 0.05) is 11.6 Å². The van der Waals surface area contributed by atoms with Crippen molar-refractivity contribution in [2.45, 2.75) is 77.8 Å². The minimum atomic E-state index is -0.336. The Kier molecular flexibility index (Phi) is 7.49. The summed E-state index contributed by atoms with van der Waals surface area (Å²) in [7, 11) is 0. The highest BCUT2D eigenvalue weighted by Crippen LogP contribution is 2.30. The molecule has 0 aliphatic heterocycles. The molecule has 2 unspecified atom stereocenters. The highest BCUT2D eigenvalue weighted by atomic mass is 16.3. The molecule has 20 heavy (non-hydrogen) atoms. The minimum Gasteiger partial charge on any atom is -0.394 e. The number of hydrogen-bond acceptors (Lipinski definition) is 3. The van der Waals surface area contributed by atoms with Crippen molar-refractivity contribution >= 4 is 0 Å². The number of rotatable bonds is 8. The first-order valence-corrected chi connectivity index (χ1v) is 8.50. The Hall–Kier alpha value is -0.120. The van der Waals surface area contributed by atoms with Gasteiger partial charge in [-0.2, -0.15) is 0 Å². The fraction of sp³-hybridized carbons (Fsp3) is 1.00. The number of hydrogen-bond donors (Lipinski definition) is 2. The maximum Gasteiger partial charge on any atom is 0.0611 e. The second-order valence-electron chi connectivity index (χ2n) is 7.67. The lowest BCUT2D eigenvalue weighted by atomic mass is 9.79. The molecule has 1 aliphatic carbocycles. The van der Waals surface area contributed by atoms with Crippen LogP contribution in [0.25, 0.3) is 0 Å². The van der Waals surface area contributed by atoms with Crippen molar-refractivity contribution in [2.75, 3.05) is 19.7 Å². The average Bonchev–Trinajstić information content (AvgIpc) is 2.38. The van der Waals surface area contributed by atoms with Crippen LogP contribution in [-0.2, 0) is 0 Å². The summed E-state index contributed by atoms with van der Waals surface area (Å²) in [5.74, 6) is 1.50. The Labute approximate surface area is 125 Å². The number of nitrogens with two attached hydrogens (primary N) is 1. The first kappa shape index (κ1) is 17.9. The first-order valence-electron chi connectivity index (χ1n) is 8.50. The van der Waals surface area contributed by atoms with Gasteiger partial charge >= 0.3 is 0 Å². The standard InChI is InChI=1S/C17H36N2O/c1-14(2)7-10-19(11-8-15(3)4)16-6-5-9-17(18,12-16)13-20/h14-16,20H,5-13,18H2,1-4H3. The van der Waals surface area contributed by atoms with Crippen molar-refractivity contribution in [1.29, 1.82) is 0 Å². The Morgan fingerprint density at radius 3 is 2.15 bits per heavy atom. The van der Waals surface area contributed by atoms with Crippen LogP contribution >= 0.6 is 0 Å². The molecule has 0 aromatic heterocycles. The Bertz CT molecular complexity index is 256. The van der Waals surface area contributed by atoms with E-state index in [1.165, 1.54) is 32.4 Å². The third-order valence-corrected chi connectivity index (χ3v) is 4.67. The van der Waals surface area contributed by atoms with E-state index in [2.05, 4.69) is 32.6 Å². The molecule has 120 valence electrons. The molecule has 2 atom stereocenters. The van der Waals surface area contributed by atoms with Crippen LogP contribution in [0.5, 0.6) is 0 Å². The van der Waals surface area contributed by atoms with Crippen LogP contribution < -0.4 is 5.73 Å². The molecule has 0 bridgehead atoms. The third-order valence-electron chi connectivity index (χ3n) is 4.67. The monoisotopic (exact) mass is 284 g/mol. The van der Waals surface area contributed by atoms with Crippen LogP contribution in [0, 0.1) is 11.8 Å². The molecular formula is C17H36N2O. The van der Waals surface area contributed by atoms with E-state index in [-0.39, 0.29) is 12.1 Å². The lowest BCUT2D eigenvalue weighted by molar-refractivity contribution is 0.0754. The predicted octanol–water partition coefficient (Wildman–Crippen LogP) is 3.01. The molecule has 0 aromatic carbocycles. The number of nitrogens with zero attached hydrogens (tertiary/aromatic N) is 1. The summed E-state index contributed by atoms with van der Waals surface area (Å²) in [6, 6.07) is 0.568. The van der Waals surface area contributed by atoms with Gasteiger partial charge in [-0.25, -0.2) is 0 Å². The second kappa shape index (κ2) is 8.35. The molecule has 0 spiro atoms. The highest BCUT2D eigenvalue weighted by molar-refractivity contribution is 4.94. The molecule has 0 heterocycles. The van der Waals surface area contributed by atoms with Crippen LogP contribution in [-0.4, -0.2) is 41.3 Å². The normalized spacial score (nSPS) is 27.8. The van der Waals surface area contributed by atoms with Crippen LogP contribution in [0.2, 0.25) is 0 Å². The van der Waals surface area contributed by atoms with Gasteiger partial charge in [0.15, 0.2) is 0 Å². The number of aliphatic hydroxyl groups is 1. The van der Waals surface area contributed by atoms with Crippen LogP contribution in [0.1, 0.15) is 66.2 Å². The van der Waals surface area contributed by atoms with E-state index in [0.29, 0.717) is 6.04 Å². The van der Waals surface area contributed by atoms with Crippen LogP contribution in [0.4, 0.5) is 0 Å². The van der Waals surface area contributed by atoms with Crippen molar-refractivity contribution < 1.29 is 5.11 Å². The molecule has 0 aromatic rings. The third kappa shape index (κ3) is 6.11. The minimum absolute atomic E-state index is 0.131. The van der Waals surface area contributed by atoms with Crippen molar-refractivity contribution in [3.8, 4) is 0 Å². The fourth-order valence-corrected chi connectivity index (χ4v) is 3.14. The maximum absolute atomic E-state index is 9.54. The van der Waals surface area contributed by atoms with Crippen molar-refractivity contribution in [2.24, 2.45) is 17.6 Å². The van der Waals surface area contributed by atoms with Crippen LogP contribution in [0.15, 0.2) is 0 Å². The molecule has 1 rings (SSSR count). The Balaban J connectivity index is 2.60. The summed E-state index contributed by atoms with van der Waals surface area (Å²) in [6.45, 7) is 11.7. The van der Waals surface area contributed by atoms with E-state index in [4.69, 9.17) is 5.73 Å². The Morgan fingerprint density at radius 1 is 1.15 bits per heavy atom. The first-order chi connectivity index (χ1) is 9.36. The van der Waals surface area contributed by atoms with Gasteiger partial charge in [0.2, 0.25) is 0 Å². The Morgan fingerprint density at radius 2 is 1.70 bits per heavy atom. The quantitative estimate of drug-likeness (QED) is 0.720. The summed E-state index contributed by atoms with van der Waals surface area (Å²) in [5, 5.41) is 9.54. The van der Waals surface area contributed by atoms with Crippen molar-refractivity contribution in [3.05, 3.63) is 0 Å². The van der Waals surface area contributed by atoms with Crippen LogP contribution in [0.3, 0.4) is 0 Å². The van der Waals surface area contributed by atoms with Gasteiger partial charge in [-0.15, -0.1) is 0 Å². The SMILES string of the molecule is CC(C)CCN(CCC(C)C)C1CCCC(N)(CO)C1. The molecular weight excluding hydrogens is 248 g/mol. The topological polar surface area (TPSA) is 49.5 Å². The summed E-state index contributed by atoms with van der Waals surface area (Å²) >= 11 is 0. The van der Waals surface area contributed by atoms with Gasteiger partial charge in [0.25, 0.3) is 0 Å². The molecule has 3 N–H and O–H groups in total.